The van der Waals surface area contributed by atoms with E-state index < -0.39 is 0 Å². The van der Waals surface area contributed by atoms with Crippen molar-refractivity contribution in [3.63, 3.8) is 0 Å². The summed E-state index contributed by atoms with van der Waals surface area (Å²) in [4.78, 5) is 6.69. The molecular formula is C12H22N4O. The maximum Gasteiger partial charge on any atom is 0.240 e. The van der Waals surface area contributed by atoms with E-state index in [0.29, 0.717) is 6.04 Å². The van der Waals surface area contributed by atoms with Crippen LogP contribution in [-0.4, -0.2) is 41.2 Å². The highest BCUT2D eigenvalue weighted by atomic mass is 16.5. The largest absolute Gasteiger partial charge is 0.338 e. The van der Waals surface area contributed by atoms with Crippen molar-refractivity contribution in [2.24, 2.45) is 0 Å². The van der Waals surface area contributed by atoms with Crippen molar-refractivity contribution < 1.29 is 4.52 Å². The predicted molar refractivity (Wildman–Crippen MR) is 65.7 cm³/mol. The van der Waals surface area contributed by atoms with Crippen LogP contribution >= 0.6 is 0 Å². The minimum Gasteiger partial charge on any atom is -0.338 e. The van der Waals surface area contributed by atoms with Gasteiger partial charge in [-0.05, 0) is 39.4 Å². The van der Waals surface area contributed by atoms with Gasteiger partial charge in [0.15, 0.2) is 5.82 Å². The van der Waals surface area contributed by atoms with E-state index in [1.807, 2.05) is 6.92 Å². The van der Waals surface area contributed by atoms with Crippen molar-refractivity contribution in [3.05, 3.63) is 11.7 Å². The van der Waals surface area contributed by atoms with Crippen molar-refractivity contribution in [3.8, 4) is 0 Å². The van der Waals surface area contributed by atoms with E-state index in [1.165, 1.54) is 19.3 Å². The fraction of sp³-hybridized carbons (Fsp3) is 0.833. The Bertz CT molecular complexity index is 331. The Morgan fingerprint density at radius 1 is 1.41 bits per heavy atom. The summed E-state index contributed by atoms with van der Waals surface area (Å²) >= 11 is 0. The minimum absolute atomic E-state index is 0.627. The molecule has 5 nitrogen and oxygen atoms in total. The van der Waals surface area contributed by atoms with Gasteiger partial charge in [-0.25, -0.2) is 0 Å². The van der Waals surface area contributed by atoms with Gasteiger partial charge in [0.25, 0.3) is 0 Å². The second-order valence-electron chi connectivity index (χ2n) is 4.71. The molecule has 1 aliphatic heterocycles. The molecule has 1 fully saturated rings. The first kappa shape index (κ1) is 12.5. The first-order valence-corrected chi connectivity index (χ1v) is 6.52. The summed E-state index contributed by atoms with van der Waals surface area (Å²) in [5.74, 6) is 1.54. The highest BCUT2D eigenvalue weighted by Crippen LogP contribution is 2.14. The van der Waals surface area contributed by atoms with Crippen LogP contribution in [0.3, 0.4) is 0 Å². The Morgan fingerprint density at radius 2 is 2.29 bits per heavy atom. The summed E-state index contributed by atoms with van der Waals surface area (Å²) in [5.41, 5.74) is 0. The second kappa shape index (κ2) is 6.12. The van der Waals surface area contributed by atoms with Gasteiger partial charge in [0.2, 0.25) is 5.89 Å². The van der Waals surface area contributed by atoms with Crippen LogP contribution in [0.25, 0.3) is 0 Å². The van der Waals surface area contributed by atoms with Gasteiger partial charge in [0.05, 0.1) is 6.54 Å². The molecule has 1 saturated heterocycles. The molecule has 0 aliphatic carbocycles. The second-order valence-corrected chi connectivity index (χ2v) is 4.71. The molecule has 1 unspecified atom stereocenters. The number of nitrogens with zero attached hydrogens (tertiary/aromatic N) is 3. The third kappa shape index (κ3) is 3.51. The Balaban J connectivity index is 1.88. The van der Waals surface area contributed by atoms with Crippen molar-refractivity contribution >= 4 is 0 Å². The van der Waals surface area contributed by atoms with E-state index in [9.17, 15) is 0 Å². The lowest BCUT2D eigenvalue weighted by molar-refractivity contribution is 0.190. The van der Waals surface area contributed by atoms with Crippen LogP contribution in [0.2, 0.25) is 0 Å². The molecule has 0 radical (unpaired) electrons. The topological polar surface area (TPSA) is 54.2 Å². The molecule has 96 valence electrons. The summed E-state index contributed by atoms with van der Waals surface area (Å²) in [6.07, 6.45) is 4.53. The van der Waals surface area contributed by atoms with Crippen molar-refractivity contribution in [2.75, 3.05) is 20.1 Å². The van der Waals surface area contributed by atoms with E-state index in [0.717, 1.165) is 37.8 Å². The van der Waals surface area contributed by atoms with Gasteiger partial charge in [-0.2, -0.15) is 4.98 Å². The van der Waals surface area contributed by atoms with Crippen LogP contribution < -0.4 is 5.32 Å². The lowest BCUT2D eigenvalue weighted by atomic mass is 10.1. The molecule has 2 heterocycles. The molecule has 1 N–H and O–H groups in total. The van der Waals surface area contributed by atoms with Crippen LogP contribution in [-0.2, 0) is 13.0 Å². The molecule has 2 rings (SSSR count). The summed E-state index contributed by atoms with van der Waals surface area (Å²) in [7, 11) is 2.14. The molecule has 1 aromatic heterocycles. The first-order chi connectivity index (χ1) is 8.29. The van der Waals surface area contributed by atoms with Crippen molar-refractivity contribution in [1.29, 1.82) is 0 Å². The van der Waals surface area contributed by atoms with Gasteiger partial charge < -0.3 is 9.84 Å². The van der Waals surface area contributed by atoms with Crippen LogP contribution in [0.15, 0.2) is 4.52 Å². The Labute approximate surface area is 103 Å². The zero-order valence-corrected chi connectivity index (χ0v) is 10.8. The summed E-state index contributed by atoms with van der Waals surface area (Å²) in [5, 5.41) is 7.36. The molecule has 0 aromatic carbocycles. The maximum absolute atomic E-state index is 5.23. The molecule has 1 atom stereocenters. The molecule has 1 aromatic rings. The number of rotatable bonds is 4. The van der Waals surface area contributed by atoms with Crippen molar-refractivity contribution in [1.82, 2.24) is 20.4 Å². The van der Waals surface area contributed by atoms with Crippen molar-refractivity contribution in [2.45, 2.75) is 45.2 Å². The van der Waals surface area contributed by atoms with E-state index in [4.69, 9.17) is 4.52 Å². The van der Waals surface area contributed by atoms with Crippen LogP contribution in [0, 0.1) is 0 Å². The fourth-order valence-electron chi connectivity index (χ4n) is 2.28. The molecule has 0 bridgehead atoms. The monoisotopic (exact) mass is 238 g/mol. The normalized spacial score (nSPS) is 21.7. The summed E-state index contributed by atoms with van der Waals surface area (Å²) in [6, 6.07) is 0.627. The molecule has 17 heavy (non-hydrogen) atoms. The quantitative estimate of drug-likeness (QED) is 0.854. The zero-order chi connectivity index (χ0) is 12.1. The number of aromatic nitrogens is 2. The molecule has 0 saturated carbocycles. The van der Waals surface area contributed by atoms with E-state index in [-0.39, 0.29) is 0 Å². The molecule has 1 aliphatic rings. The lowest BCUT2D eigenvalue weighted by Gasteiger charge is -2.25. The Kier molecular flexibility index (Phi) is 4.50. The molecule has 5 heteroatoms. The minimum atomic E-state index is 0.627. The maximum atomic E-state index is 5.23. The fourth-order valence-corrected chi connectivity index (χ4v) is 2.28. The number of hydrogen-bond acceptors (Lipinski definition) is 5. The number of nitrogens with one attached hydrogen (secondary N) is 1. The third-order valence-corrected chi connectivity index (χ3v) is 3.38. The zero-order valence-electron chi connectivity index (χ0n) is 10.8. The number of hydrogen-bond donors (Lipinski definition) is 1. The Hall–Kier alpha value is -0.940. The number of aryl methyl sites for hydroxylation is 1. The van der Waals surface area contributed by atoms with Gasteiger partial charge >= 0.3 is 0 Å². The highest BCUT2D eigenvalue weighted by Gasteiger charge is 2.18. The van der Waals surface area contributed by atoms with Crippen LogP contribution in [0.1, 0.15) is 37.9 Å². The average molecular weight is 238 g/mol. The summed E-state index contributed by atoms with van der Waals surface area (Å²) < 4.78 is 5.23. The SMILES string of the molecule is CCc1noc(CN(C)C2CCCNCC2)n1. The van der Waals surface area contributed by atoms with Crippen LogP contribution in [0.5, 0.6) is 0 Å². The predicted octanol–water partition coefficient (Wildman–Crippen LogP) is 1.21. The van der Waals surface area contributed by atoms with Gasteiger partial charge in [0.1, 0.15) is 0 Å². The first-order valence-electron chi connectivity index (χ1n) is 6.52. The van der Waals surface area contributed by atoms with E-state index >= 15 is 0 Å². The van der Waals surface area contributed by atoms with Crippen LogP contribution in [0.4, 0.5) is 0 Å². The summed E-state index contributed by atoms with van der Waals surface area (Å²) in [6.45, 7) is 5.05. The standard InChI is InChI=1S/C12H22N4O/c1-3-11-14-12(17-15-11)9-16(2)10-5-4-7-13-8-6-10/h10,13H,3-9H2,1-2H3. The highest BCUT2D eigenvalue weighted by molar-refractivity contribution is 4.86. The van der Waals surface area contributed by atoms with E-state index in [1.54, 1.807) is 0 Å². The third-order valence-electron chi connectivity index (χ3n) is 3.38. The average Bonchev–Trinajstić information content (AvgIpc) is 2.62. The lowest BCUT2D eigenvalue weighted by Crippen LogP contribution is -2.32. The molecule has 0 amide bonds. The molecule has 0 spiro atoms. The smallest absolute Gasteiger partial charge is 0.240 e. The van der Waals surface area contributed by atoms with Gasteiger partial charge in [-0.15, -0.1) is 0 Å². The molecular weight excluding hydrogens is 216 g/mol. The Morgan fingerprint density at radius 3 is 3.06 bits per heavy atom. The van der Waals surface area contributed by atoms with Gasteiger partial charge in [-0.1, -0.05) is 12.1 Å². The van der Waals surface area contributed by atoms with E-state index in [2.05, 4.69) is 27.4 Å². The van der Waals surface area contributed by atoms with Gasteiger partial charge in [-0.3, -0.25) is 4.90 Å². The van der Waals surface area contributed by atoms with Gasteiger partial charge in [0, 0.05) is 12.5 Å².